The van der Waals surface area contributed by atoms with Crippen molar-refractivity contribution >= 4 is 23.7 Å². The lowest BCUT2D eigenvalue weighted by Gasteiger charge is -2.36. The molecule has 0 saturated heterocycles. The minimum atomic E-state index is -0.874. The molecule has 0 radical (unpaired) electrons. The zero-order chi connectivity index (χ0) is 23.5. The second-order valence-electron chi connectivity index (χ2n) is 8.45. The lowest BCUT2D eigenvalue weighted by atomic mass is 9.92. The highest BCUT2D eigenvalue weighted by Crippen LogP contribution is 2.34. The van der Waals surface area contributed by atoms with Gasteiger partial charge in [-0.2, -0.15) is 0 Å². The summed E-state index contributed by atoms with van der Waals surface area (Å²) in [4.78, 5) is 26.7. The third-order valence-electron chi connectivity index (χ3n) is 5.03. The number of esters is 1. The minimum Gasteiger partial charge on any atom is -0.496 e. The first-order valence-corrected chi connectivity index (χ1v) is 10.7. The Bertz CT molecular complexity index is 1000. The van der Waals surface area contributed by atoms with Gasteiger partial charge in [-0.1, -0.05) is 17.7 Å². The van der Waals surface area contributed by atoms with E-state index in [1.54, 1.807) is 58.2 Å². The van der Waals surface area contributed by atoms with Gasteiger partial charge >= 0.3 is 12.1 Å². The normalized spacial score (nSPS) is 15.6. The number of ether oxygens (including phenoxy) is 4. The number of amides is 1. The number of benzene rings is 2. The van der Waals surface area contributed by atoms with Crippen LogP contribution in [0.4, 0.5) is 4.79 Å². The number of nitrogens with zero attached hydrogens (tertiary/aromatic N) is 1. The first-order chi connectivity index (χ1) is 15.1. The first kappa shape index (κ1) is 23.7. The predicted octanol–water partition coefficient (Wildman–Crippen LogP) is 4.93. The molecule has 1 amide bonds. The first-order valence-electron chi connectivity index (χ1n) is 10.3. The molecule has 1 unspecified atom stereocenters. The van der Waals surface area contributed by atoms with Gasteiger partial charge in [0.1, 0.15) is 23.7 Å². The maximum Gasteiger partial charge on any atom is 0.411 e. The highest BCUT2D eigenvalue weighted by atomic mass is 35.5. The van der Waals surface area contributed by atoms with Gasteiger partial charge in [-0.05, 0) is 68.7 Å². The fourth-order valence-electron chi connectivity index (χ4n) is 3.60. The highest BCUT2D eigenvalue weighted by Gasteiger charge is 2.39. The van der Waals surface area contributed by atoms with Gasteiger partial charge in [-0.25, -0.2) is 9.59 Å². The number of rotatable bonds is 5. The molecule has 0 aromatic heterocycles. The SMILES string of the molecule is COC(=O)C1c2ccc(OCc3cc(Cl)ccc3OC)cc2CCN1C(=O)OC(C)(C)C. The van der Waals surface area contributed by atoms with E-state index in [1.807, 2.05) is 6.07 Å². The van der Waals surface area contributed by atoms with Crippen molar-refractivity contribution in [2.45, 2.75) is 45.4 Å². The van der Waals surface area contributed by atoms with Crippen molar-refractivity contribution in [1.82, 2.24) is 4.90 Å². The van der Waals surface area contributed by atoms with Gasteiger partial charge in [0.2, 0.25) is 0 Å². The van der Waals surface area contributed by atoms with Crippen molar-refractivity contribution in [3.05, 3.63) is 58.1 Å². The summed E-state index contributed by atoms with van der Waals surface area (Å²) >= 11 is 6.09. The molecule has 0 bridgehead atoms. The van der Waals surface area contributed by atoms with Crippen LogP contribution in [0.5, 0.6) is 11.5 Å². The van der Waals surface area contributed by atoms with E-state index in [0.29, 0.717) is 35.1 Å². The number of carbonyl (C=O) groups excluding carboxylic acids is 2. The largest absolute Gasteiger partial charge is 0.496 e. The molecule has 8 heteroatoms. The molecule has 1 heterocycles. The Balaban J connectivity index is 1.83. The molecule has 0 N–H and O–H groups in total. The third kappa shape index (κ3) is 5.46. The van der Waals surface area contributed by atoms with Gasteiger partial charge in [0, 0.05) is 17.1 Å². The summed E-state index contributed by atoms with van der Waals surface area (Å²) < 4.78 is 21.8. The zero-order valence-corrected chi connectivity index (χ0v) is 19.7. The zero-order valence-electron chi connectivity index (χ0n) is 18.9. The van der Waals surface area contributed by atoms with Crippen molar-refractivity contribution in [3.63, 3.8) is 0 Å². The van der Waals surface area contributed by atoms with E-state index in [9.17, 15) is 9.59 Å². The summed E-state index contributed by atoms with van der Waals surface area (Å²) in [5.41, 5.74) is 1.76. The fraction of sp³-hybridized carbons (Fsp3) is 0.417. The molecule has 2 aromatic carbocycles. The Morgan fingerprint density at radius 2 is 1.88 bits per heavy atom. The van der Waals surface area contributed by atoms with Crippen LogP contribution in [0.25, 0.3) is 0 Å². The van der Waals surface area contributed by atoms with E-state index in [-0.39, 0.29) is 6.61 Å². The third-order valence-corrected chi connectivity index (χ3v) is 5.27. The van der Waals surface area contributed by atoms with Crippen molar-refractivity contribution in [2.24, 2.45) is 0 Å². The topological polar surface area (TPSA) is 74.3 Å². The number of hydrogen-bond acceptors (Lipinski definition) is 6. The number of hydrogen-bond donors (Lipinski definition) is 0. The average Bonchev–Trinajstić information content (AvgIpc) is 2.75. The monoisotopic (exact) mass is 461 g/mol. The molecule has 0 fully saturated rings. The van der Waals surface area contributed by atoms with Crippen LogP contribution >= 0.6 is 11.6 Å². The molecule has 0 aliphatic carbocycles. The summed E-state index contributed by atoms with van der Waals surface area (Å²) in [5.74, 6) is 0.806. The molecule has 32 heavy (non-hydrogen) atoms. The van der Waals surface area contributed by atoms with Crippen molar-refractivity contribution in [2.75, 3.05) is 20.8 Å². The molecular weight excluding hydrogens is 434 g/mol. The van der Waals surface area contributed by atoms with Crippen LogP contribution < -0.4 is 9.47 Å². The standard InChI is InChI=1S/C24H28ClNO6/c1-24(2,3)32-23(28)26-11-10-15-13-18(7-8-19(15)21(26)22(27)30-5)31-14-16-12-17(25)6-9-20(16)29-4/h6-9,12-13,21H,10-11,14H2,1-5H3. The van der Waals surface area contributed by atoms with Crippen LogP contribution in [0.1, 0.15) is 43.5 Å². The molecule has 0 saturated carbocycles. The van der Waals surface area contributed by atoms with Crippen LogP contribution in [0.15, 0.2) is 36.4 Å². The summed E-state index contributed by atoms with van der Waals surface area (Å²) in [6, 6.07) is 9.91. The lowest BCUT2D eigenvalue weighted by molar-refractivity contribution is -0.147. The average molecular weight is 462 g/mol. The Hall–Kier alpha value is -2.93. The van der Waals surface area contributed by atoms with E-state index in [4.69, 9.17) is 30.5 Å². The van der Waals surface area contributed by atoms with Crippen LogP contribution in [-0.2, 0) is 27.3 Å². The molecule has 7 nitrogen and oxygen atoms in total. The van der Waals surface area contributed by atoms with Gasteiger partial charge in [0.25, 0.3) is 0 Å². The van der Waals surface area contributed by atoms with E-state index in [1.165, 1.54) is 12.0 Å². The molecule has 3 rings (SSSR count). The number of methoxy groups -OCH3 is 2. The van der Waals surface area contributed by atoms with Gasteiger partial charge < -0.3 is 18.9 Å². The summed E-state index contributed by atoms with van der Waals surface area (Å²) in [7, 11) is 2.90. The second-order valence-corrected chi connectivity index (χ2v) is 8.89. The van der Waals surface area contributed by atoms with E-state index >= 15 is 0 Å². The van der Waals surface area contributed by atoms with Gasteiger partial charge in [0.15, 0.2) is 6.04 Å². The van der Waals surface area contributed by atoms with Crippen LogP contribution in [-0.4, -0.2) is 43.3 Å². The number of carbonyl (C=O) groups is 2. The maximum absolute atomic E-state index is 12.7. The second kappa shape index (κ2) is 9.69. The number of halogens is 1. The van der Waals surface area contributed by atoms with Gasteiger partial charge in [-0.3, -0.25) is 4.90 Å². The molecular formula is C24H28ClNO6. The van der Waals surface area contributed by atoms with Crippen molar-refractivity contribution in [3.8, 4) is 11.5 Å². The minimum absolute atomic E-state index is 0.271. The molecule has 1 aliphatic rings. The van der Waals surface area contributed by atoms with E-state index in [2.05, 4.69) is 0 Å². The van der Waals surface area contributed by atoms with E-state index < -0.39 is 23.7 Å². The quantitative estimate of drug-likeness (QED) is 0.587. The summed E-state index contributed by atoms with van der Waals surface area (Å²) in [6.45, 7) is 5.96. The van der Waals surface area contributed by atoms with Crippen LogP contribution in [0.2, 0.25) is 5.02 Å². The lowest BCUT2D eigenvalue weighted by Crippen LogP contribution is -2.46. The molecule has 2 aromatic rings. The fourth-order valence-corrected chi connectivity index (χ4v) is 3.79. The van der Waals surface area contributed by atoms with Crippen LogP contribution in [0.3, 0.4) is 0 Å². The predicted molar refractivity (Wildman–Crippen MR) is 120 cm³/mol. The molecule has 1 aliphatic heterocycles. The molecule has 172 valence electrons. The van der Waals surface area contributed by atoms with Gasteiger partial charge in [-0.15, -0.1) is 0 Å². The Morgan fingerprint density at radius 1 is 1.12 bits per heavy atom. The van der Waals surface area contributed by atoms with Crippen molar-refractivity contribution < 1.29 is 28.5 Å². The smallest absolute Gasteiger partial charge is 0.411 e. The molecule has 0 spiro atoms. The van der Waals surface area contributed by atoms with Crippen LogP contribution in [0, 0.1) is 0 Å². The summed E-state index contributed by atoms with van der Waals surface area (Å²) in [6.07, 6.45) is 0.00617. The molecule has 1 atom stereocenters. The summed E-state index contributed by atoms with van der Waals surface area (Å²) in [5, 5.41) is 0.595. The maximum atomic E-state index is 12.7. The van der Waals surface area contributed by atoms with E-state index in [0.717, 1.165) is 11.1 Å². The Kier molecular flexibility index (Phi) is 7.19. The Labute approximate surface area is 193 Å². The highest BCUT2D eigenvalue weighted by molar-refractivity contribution is 6.30. The van der Waals surface area contributed by atoms with Gasteiger partial charge in [0.05, 0.1) is 14.2 Å². The van der Waals surface area contributed by atoms with Crippen molar-refractivity contribution in [1.29, 1.82) is 0 Å². The number of fused-ring (bicyclic) bond motifs is 1. The Morgan fingerprint density at radius 3 is 2.53 bits per heavy atom.